The minimum absolute atomic E-state index is 0.0173. The third-order valence-electron chi connectivity index (χ3n) is 2.96. The molecule has 0 aliphatic carbocycles. The minimum atomic E-state index is -0.889. The van der Waals surface area contributed by atoms with E-state index in [4.69, 9.17) is 9.84 Å². The van der Waals surface area contributed by atoms with E-state index in [9.17, 15) is 9.59 Å². The van der Waals surface area contributed by atoms with E-state index in [0.717, 1.165) is 25.9 Å². The van der Waals surface area contributed by atoms with Gasteiger partial charge in [-0.25, -0.2) is 0 Å². The molecule has 0 saturated heterocycles. The molecule has 116 valence electrons. The van der Waals surface area contributed by atoms with Gasteiger partial charge in [0.05, 0.1) is 6.42 Å². The number of carboxylic acid groups (broad SMARTS) is 1. The van der Waals surface area contributed by atoms with E-state index in [1.165, 1.54) is 0 Å². The number of hydrogen-bond acceptors (Lipinski definition) is 3. The molecule has 1 aromatic carbocycles. The van der Waals surface area contributed by atoms with Gasteiger partial charge in [0.25, 0.3) is 5.91 Å². The first kappa shape index (κ1) is 17.0. The first-order valence-electron chi connectivity index (χ1n) is 7.28. The van der Waals surface area contributed by atoms with Crippen molar-refractivity contribution in [2.24, 2.45) is 0 Å². The van der Waals surface area contributed by atoms with Gasteiger partial charge < -0.3 is 14.7 Å². The Hall–Kier alpha value is -2.04. The molecule has 0 heterocycles. The van der Waals surface area contributed by atoms with Crippen molar-refractivity contribution >= 4 is 11.9 Å². The van der Waals surface area contributed by atoms with E-state index in [1.54, 1.807) is 29.2 Å². The molecule has 0 aliphatic heterocycles. The van der Waals surface area contributed by atoms with Crippen LogP contribution in [0.25, 0.3) is 0 Å². The number of aliphatic carboxylic acids is 1. The second-order valence-corrected chi connectivity index (χ2v) is 4.89. The molecule has 0 aliphatic rings. The monoisotopic (exact) mass is 293 g/mol. The van der Waals surface area contributed by atoms with Crippen molar-refractivity contribution in [3.8, 4) is 5.75 Å². The van der Waals surface area contributed by atoms with Crippen LogP contribution >= 0.6 is 0 Å². The zero-order valence-electron chi connectivity index (χ0n) is 12.7. The Balaban J connectivity index is 2.57. The Morgan fingerprint density at radius 3 is 2.43 bits per heavy atom. The molecular weight excluding hydrogens is 270 g/mol. The van der Waals surface area contributed by atoms with Gasteiger partial charge in [-0.3, -0.25) is 9.59 Å². The van der Waals surface area contributed by atoms with Crippen molar-refractivity contribution in [2.75, 3.05) is 19.7 Å². The molecule has 1 amide bonds. The van der Waals surface area contributed by atoms with Gasteiger partial charge in [0.15, 0.2) is 6.61 Å². The Morgan fingerprint density at radius 2 is 1.86 bits per heavy atom. The average molecular weight is 293 g/mol. The van der Waals surface area contributed by atoms with Crippen LogP contribution in [0.2, 0.25) is 0 Å². The van der Waals surface area contributed by atoms with Crippen molar-refractivity contribution in [1.82, 2.24) is 4.90 Å². The van der Waals surface area contributed by atoms with Crippen LogP contribution in [-0.2, 0) is 16.0 Å². The molecule has 0 fully saturated rings. The van der Waals surface area contributed by atoms with Gasteiger partial charge in [0.1, 0.15) is 5.75 Å². The van der Waals surface area contributed by atoms with Crippen molar-refractivity contribution in [2.45, 2.75) is 33.1 Å². The van der Waals surface area contributed by atoms with E-state index in [0.29, 0.717) is 11.3 Å². The summed E-state index contributed by atoms with van der Waals surface area (Å²) in [5, 5.41) is 8.77. The highest BCUT2D eigenvalue weighted by Gasteiger charge is 2.12. The predicted molar refractivity (Wildman–Crippen MR) is 80.4 cm³/mol. The Bertz CT molecular complexity index is 467. The quantitative estimate of drug-likeness (QED) is 0.759. The van der Waals surface area contributed by atoms with Crippen LogP contribution in [0.4, 0.5) is 0 Å². The van der Waals surface area contributed by atoms with Crippen LogP contribution in [0, 0.1) is 0 Å². The van der Waals surface area contributed by atoms with Gasteiger partial charge in [-0.2, -0.15) is 0 Å². The van der Waals surface area contributed by atoms with E-state index >= 15 is 0 Å². The summed E-state index contributed by atoms with van der Waals surface area (Å²) >= 11 is 0. The summed E-state index contributed by atoms with van der Waals surface area (Å²) in [6.45, 7) is 5.51. The third kappa shape index (κ3) is 6.29. The SMILES string of the molecule is CCCN(CCC)C(=O)COc1cccc(CC(=O)O)c1. The molecule has 0 aromatic heterocycles. The smallest absolute Gasteiger partial charge is 0.307 e. The van der Waals surface area contributed by atoms with Crippen molar-refractivity contribution in [3.05, 3.63) is 29.8 Å². The largest absolute Gasteiger partial charge is 0.484 e. The van der Waals surface area contributed by atoms with E-state index in [1.807, 2.05) is 13.8 Å². The van der Waals surface area contributed by atoms with Gasteiger partial charge in [-0.1, -0.05) is 26.0 Å². The summed E-state index contributed by atoms with van der Waals surface area (Å²) in [5.74, 6) is -0.405. The van der Waals surface area contributed by atoms with Gasteiger partial charge >= 0.3 is 5.97 Å². The standard InChI is InChI=1S/C16H23NO4/c1-3-8-17(9-4-2)15(18)12-21-14-7-5-6-13(10-14)11-16(19)20/h5-7,10H,3-4,8-9,11-12H2,1-2H3,(H,19,20). The highest BCUT2D eigenvalue weighted by molar-refractivity contribution is 5.77. The summed E-state index contributed by atoms with van der Waals surface area (Å²) in [5.41, 5.74) is 0.659. The van der Waals surface area contributed by atoms with Crippen LogP contribution < -0.4 is 4.74 Å². The first-order chi connectivity index (χ1) is 10.1. The fourth-order valence-corrected chi connectivity index (χ4v) is 2.06. The van der Waals surface area contributed by atoms with Gasteiger partial charge in [0, 0.05) is 13.1 Å². The Kier molecular flexibility index (Phi) is 7.29. The first-order valence-corrected chi connectivity index (χ1v) is 7.28. The van der Waals surface area contributed by atoms with Crippen LogP contribution in [-0.4, -0.2) is 41.6 Å². The Morgan fingerprint density at radius 1 is 1.19 bits per heavy atom. The summed E-state index contributed by atoms with van der Waals surface area (Å²) in [7, 11) is 0. The van der Waals surface area contributed by atoms with E-state index in [2.05, 4.69) is 0 Å². The molecule has 0 saturated carbocycles. The fourth-order valence-electron chi connectivity index (χ4n) is 2.06. The number of nitrogens with zero attached hydrogens (tertiary/aromatic N) is 1. The number of ether oxygens (including phenoxy) is 1. The summed E-state index contributed by atoms with van der Waals surface area (Å²) in [4.78, 5) is 24.5. The maximum atomic E-state index is 12.1. The predicted octanol–water partition coefficient (Wildman–Crippen LogP) is 2.34. The lowest BCUT2D eigenvalue weighted by atomic mass is 10.1. The Labute approximate surface area is 125 Å². The maximum absolute atomic E-state index is 12.1. The van der Waals surface area contributed by atoms with E-state index in [-0.39, 0.29) is 18.9 Å². The molecule has 1 N–H and O–H groups in total. The topological polar surface area (TPSA) is 66.8 Å². The van der Waals surface area contributed by atoms with Crippen LogP contribution in [0.1, 0.15) is 32.3 Å². The van der Waals surface area contributed by atoms with Crippen LogP contribution in [0.3, 0.4) is 0 Å². The maximum Gasteiger partial charge on any atom is 0.307 e. The molecule has 0 radical (unpaired) electrons. The number of carbonyl (C=O) groups is 2. The zero-order chi connectivity index (χ0) is 15.7. The summed E-state index contributed by atoms with van der Waals surface area (Å²) < 4.78 is 5.48. The number of rotatable bonds is 9. The average Bonchev–Trinajstić information content (AvgIpc) is 2.44. The molecule has 5 nitrogen and oxygen atoms in total. The highest BCUT2D eigenvalue weighted by atomic mass is 16.5. The molecule has 1 aromatic rings. The van der Waals surface area contributed by atoms with Crippen LogP contribution in [0.5, 0.6) is 5.75 Å². The van der Waals surface area contributed by atoms with Crippen molar-refractivity contribution < 1.29 is 19.4 Å². The third-order valence-corrected chi connectivity index (χ3v) is 2.96. The number of carbonyl (C=O) groups excluding carboxylic acids is 1. The molecule has 5 heteroatoms. The summed E-state index contributed by atoms with van der Waals surface area (Å²) in [6.07, 6.45) is 1.78. The minimum Gasteiger partial charge on any atom is -0.484 e. The molecule has 0 unspecified atom stereocenters. The van der Waals surface area contributed by atoms with Gasteiger partial charge in [0.2, 0.25) is 0 Å². The van der Waals surface area contributed by atoms with Crippen molar-refractivity contribution in [1.29, 1.82) is 0 Å². The molecule has 0 bridgehead atoms. The lowest BCUT2D eigenvalue weighted by Gasteiger charge is -2.21. The molecule has 0 atom stereocenters. The number of amides is 1. The lowest BCUT2D eigenvalue weighted by molar-refractivity contribution is -0.136. The molecule has 1 rings (SSSR count). The second-order valence-electron chi connectivity index (χ2n) is 4.89. The van der Waals surface area contributed by atoms with Gasteiger partial charge in [-0.05, 0) is 30.5 Å². The molecular formula is C16H23NO4. The fraction of sp³-hybridized carbons (Fsp3) is 0.500. The second kappa shape index (κ2) is 9.00. The zero-order valence-corrected chi connectivity index (χ0v) is 12.7. The number of benzene rings is 1. The normalized spacial score (nSPS) is 10.2. The lowest BCUT2D eigenvalue weighted by Crippen LogP contribution is -2.36. The number of carboxylic acids is 1. The molecule has 21 heavy (non-hydrogen) atoms. The van der Waals surface area contributed by atoms with E-state index < -0.39 is 5.97 Å². The van der Waals surface area contributed by atoms with Crippen LogP contribution in [0.15, 0.2) is 24.3 Å². The number of hydrogen-bond donors (Lipinski definition) is 1. The van der Waals surface area contributed by atoms with Crippen molar-refractivity contribution in [3.63, 3.8) is 0 Å². The molecule has 0 spiro atoms. The summed E-state index contributed by atoms with van der Waals surface area (Å²) in [6, 6.07) is 6.84. The van der Waals surface area contributed by atoms with Gasteiger partial charge in [-0.15, -0.1) is 0 Å². The highest BCUT2D eigenvalue weighted by Crippen LogP contribution is 2.14.